The lowest BCUT2D eigenvalue weighted by atomic mass is 9.85. The summed E-state index contributed by atoms with van der Waals surface area (Å²) in [5, 5.41) is 7.24. The first-order valence-corrected chi connectivity index (χ1v) is 16.6. The van der Waals surface area contributed by atoms with Crippen molar-refractivity contribution >= 4 is 35.2 Å². The molecule has 2 unspecified atom stereocenters. The van der Waals surface area contributed by atoms with Gasteiger partial charge in [-0.2, -0.15) is 13.2 Å². The SMILES string of the molecule is CCCN(CCC)[C@@H]1C[C@@H](C(=O)NC(CC2CCCNC2=O)C(=O)C(=O)c2ccccc2)N(C(=O)[C@@H](NC(=O)C(F)(F)F)C(C)(C)C)C1. The van der Waals surface area contributed by atoms with Gasteiger partial charge >= 0.3 is 12.1 Å². The largest absolute Gasteiger partial charge is 0.471 e. The average Bonchev–Trinajstić information content (AvgIpc) is 3.48. The molecular formula is C34H48F3N5O6. The van der Waals surface area contributed by atoms with Crippen LogP contribution < -0.4 is 16.0 Å². The van der Waals surface area contributed by atoms with Gasteiger partial charge in [-0.3, -0.25) is 33.7 Å². The highest BCUT2D eigenvalue weighted by Crippen LogP contribution is 2.30. The van der Waals surface area contributed by atoms with Crippen LogP contribution in [-0.2, 0) is 24.0 Å². The third-order valence-electron chi connectivity index (χ3n) is 8.86. The molecule has 0 aromatic heterocycles. The van der Waals surface area contributed by atoms with Crippen molar-refractivity contribution in [1.82, 2.24) is 25.8 Å². The van der Waals surface area contributed by atoms with Crippen molar-refractivity contribution in [2.75, 3.05) is 26.2 Å². The van der Waals surface area contributed by atoms with Gasteiger partial charge in [-0.1, -0.05) is 65.0 Å². The molecule has 2 fully saturated rings. The molecule has 5 atom stereocenters. The summed E-state index contributed by atoms with van der Waals surface area (Å²) in [6.07, 6.45) is -2.65. The van der Waals surface area contributed by atoms with E-state index in [9.17, 15) is 41.9 Å². The molecule has 0 aliphatic carbocycles. The topological polar surface area (TPSA) is 145 Å². The summed E-state index contributed by atoms with van der Waals surface area (Å²) < 4.78 is 39.9. The van der Waals surface area contributed by atoms with E-state index in [-0.39, 0.29) is 36.9 Å². The molecule has 3 rings (SSSR count). The van der Waals surface area contributed by atoms with Crippen LogP contribution in [-0.4, -0.2) is 102 Å². The number of halogens is 3. The van der Waals surface area contributed by atoms with Crippen LogP contribution in [0, 0.1) is 11.3 Å². The van der Waals surface area contributed by atoms with Gasteiger partial charge < -0.3 is 20.9 Å². The first-order chi connectivity index (χ1) is 22.5. The minimum Gasteiger partial charge on any atom is -0.356 e. The normalized spacial score (nSPS) is 21.3. The van der Waals surface area contributed by atoms with E-state index in [2.05, 4.69) is 15.5 Å². The number of nitrogens with one attached hydrogen (secondary N) is 3. The number of alkyl halides is 3. The van der Waals surface area contributed by atoms with E-state index >= 15 is 0 Å². The van der Waals surface area contributed by atoms with Crippen molar-refractivity contribution in [3.05, 3.63) is 35.9 Å². The molecule has 48 heavy (non-hydrogen) atoms. The summed E-state index contributed by atoms with van der Waals surface area (Å²) in [6, 6.07) is 3.19. The van der Waals surface area contributed by atoms with Crippen LogP contribution in [0.1, 0.15) is 83.5 Å². The van der Waals surface area contributed by atoms with Crippen LogP contribution in [0.15, 0.2) is 30.3 Å². The highest BCUT2D eigenvalue weighted by Gasteiger charge is 2.49. The zero-order valence-electron chi connectivity index (χ0n) is 28.3. The van der Waals surface area contributed by atoms with Crippen molar-refractivity contribution in [2.45, 2.75) is 103 Å². The molecule has 0 radical (unpaired) electrons. The Labute approximate surface area is 279 Å². The highest BCUT2D eigenvalue weighted by atomic mass is 19.4. The Bertz CT molecular complexity index is 1330. The molecule has 0 saturated carbocycles. The van der Waals surface area contributed by atoms with Gasteiger partial charge in [0.1, 0.15) is 12.1 Å². The van der Waals surface area contributed by atoms with E-state index in [1.165, 1.54) is 37.8 Å². The standard InChI is InChI=1S/C34H48F3N5O6/c1-6-16-41(17-7-2)23-19-25(42(20-23)31(47)28(33(3,4)5)40-32(48)34(35,36)37)30(46)39-24(18-22-14-11-15-38-29(22)45)27(44)26(43)21-12-9-8-10-13-21/h8-10,12-13,22-25,28H,6-7,11,14-20H2,1-5H3,(H,38,45)(H,39,46)(H,40,48)/t22?,23-,24?,25+,28-/m1/s1. The van der Waals surface area contributed by atoms with Crippen molar-refractivity contribution in [3.63, 3.8) is 0 Å². The van der Waals surface area contributed by atoms with Crippen LogP contribution in [0.25, 0.3) is 0 Å². The lowest BCUT2D eigenvalue weighted by Gasteiger charge is -2.36. The molecule has 14 heteroatoms. The second-order valence-electron chi connectivity index (χ2n) is 13.7. The molecular weight excluding hydrogens is 631 g/mol. The predicted molar refractivity (Wildman–Crippen MR) is 172 cm³/mol. The smallest absolute Gasteiger partial charge is 0.356 e. The zero-order valence-corrected chi connectivity index (χ0v) is 28.3. The molecule has 3 N–H and O–H groups in total. The molecule has 266 valence electrons. The number of rotatable bonds is 14. The minimum atomic E-state index is -5.24. The number of nitrogens with zero attached hydrogens (tertiary/aromatic N) is 2. The summed E-state index contributed by atoms with van der Waals surface area (Å²) in [6.45, 7) is 10.2. The summed E-state index contributed by atoms with van der Waals surface area (Å²) in [5.74, 6) is -6.66. The van der Waals surface area contributed by atoms with E-state index in [1.807, 2.05) is 19.2 Å². The van der Waals surface area contributed by atoms with E-state index < -0.39 is 64.9 Å². The van der Waals surface area contributed by atoms with Gasteiger partial charge in [-0.05, 0) is 57.0 Å². The molecule has 2 aliphatic heterocycles. The summed E-state index contributed by atoms with van der Waals surface area (Å²) in [4.78, 5) is 83.1. The maximum absolute atomic E-state index is 14.1. The van der Waals surface area contributed by atoms with E-state index in [0.29, 0.717) is 32.5 Å². The lowest BCUT2D eigenvalue weighted by Crippen LogP contribution is -2.60. The molecule has 0 bridgehead atoms. The van der Waals surface area contributed by atoms with Gasteiger partial charge in [0.25, 0.3) is 0 Å². The Morgan fingerprint density at radius 2 is 1.62 bits per heavy atom. The number of hydrogen-bond acceptors (Lipinski definition) is 7. The number of carbonyl (C=O) groups excluding carboxylic acids is 6. The van der Waals surface area contributed by atoms with E-state index in [0.717, 1.165) is 12.8 Å². The lowest BCUT2D eigenvalue weighted by molar-refractivity contribution is -0.176. The average molecular weight is 680 g/mol. The Morgan fingerprint density at radius 3 is 2.17 bits per heavy atom. The fraction of sp³-hybridized carbons (Fsp3) is 0.647. The van der Waals surface area contributed by atoms with Gasteiger partial charge in [0.15, 0.2) is 0 Å². The second-order valence-corrected chi connectivity index (χ2v) is 13.7. The van der Waals surface area contributed by atoms with Crippen molar-refractivity contribution in [3.8, 4) is 0 Å². The predicted octanol–water partition coefficient (Wildman–Crippen LogP) is 3.02. The number of hydrogen-bond donors (Lipinski definition) is 3. The Morgan fingerprint density at radius 1 is 1.00 bits per heavy atom. The third kappa shape index (κ3) is 9.86. The third-order valence-corrected chi connectivity index (χ3v) is 8.86. The summed E-state index contributed by atoms with van der Waals surface area (Å²) in [7, 11) is 0. The van der Waals surface area contributed by atoms with Gasteiger partial charge in [0, 0.05) is 30.6 Å². The number of piperidine rings is 1. The maximum Gasteiger partial charge on any atom is 0.471 e. The Balaban J connectivity index is 1.99. The molecule has 0 spiro atoms. The van der Waals surface area contributed by atoms with Gasteiger partial charge in [0.05, 0.1) is 6.04 Å². The number of amides is 4. The van der Waals surface area contributed by atoms with E-state index in [1.54, 1.807) is 18.2 Å². The van der Waals surface area contributed by atoms with Gasteiger partial charge in [0.2, 0.25) is 29.3 Å². The number of Topliss-reactive ketones (excluding diaryl/α,β-unsaturated/α-hetero) is 2. The van der Waals surface area contributed by atoms with Crippen LogP contribution in [0.2, 0.25) is 0 Å². The molecule has 1 aromatic carbocycles. The number of ketones is 2. The molecule has 11 nitrogen and oxygen atoms in total. The van der Waals surface area contributed by atoms with E-state index in [4.69, 9.17) is 0 Å². The number of likely N-dealkylation sites (tertiary alicyclic amines) is 1. The van der Waals surface area contributed by atoms with Crippen LogP contribution in [0.3, 0.4) is 0 Å². The van der Waals surface area contributed by atoms with Gasteiger partial charge in [-0.15, -0.1) is 0 Å². The van der Waals surface area contributed by atoms with Crippen molar-refractivity contribution in [1.29, 1.82) is 0 Å². The molecule has 2 saturated heterocycles. The minimum absolute atomic E-state index is 0.00201. The van der Waals surface area contributed by atoms with Crippen LogP contribution in [0.4, 0.5) is 13.2 Å². The first kappa shape index (κ1) is 38.6. The molecule has 1 aromatic rings. The quantitative estimate of drug-likeness (QED) is 0.203. The zero-order chi connectivity index (χ0) is 35.8. The summed E-state index contributed by atoms with van der Waals surface area (Å²) in [5.41, 5.74) is -1.06. The molecule has 2 aliphatic rings. The number of carbonyl (C=O) groups is 6. The fourth-order valence-corrected chi connectivity index (χ4v) is 6.38. The Hall–Kier alpha value is -3.81. The van der Waals surface area contributed by atoms with Crippen molar-refractivity contribution in [2.24, 2.45) is 11.3 Å². The van der Waals surface area contributed by atoms with Gasteiger partial charge in [-0.25, -0.2) is 0 Å². The first-order valence-electron chi connectivity index (χ1n) is 16.6. The second kappa shape index (κ2) is 16.5. The molecule has 2 heterocycles. The summed E-state index contributed by atoms with van der Waals surface area (Å²) >= 11 is 0. The highest BCUT2D eigenvalue weighted by molar-refractivity contribution is 6.45. The Kier molecular flexibility index (Phi) is 13.3. The molecule has 4 amide bonds. The van der Waals surface area contributed by atoms with Crippen LogP contribution in [0.5, 0.6) is 0 Å². The number of benzene rings is 1. The van der Waals surface area contributed by atoms with Crippen LogP contribution >= 0.6 is 0 Å². The maximum atomic E-state index is 14.1. The monoisotopic (exact) mass is 679 g/mol. The van der Waals surface area contributed by atoms with Crippen molar-refractivity contribution < 1.29 is 41.9 Å². The fourth-order valence-electron chi connectivity index (χ4n) is 6.38.